The van der Waals surface area contributed by atoms with Crippen molar-refractivity contribution in [1.29, 1.82) is 0 Å². The molecule has 98 valence electrons. The van der Waals surface area contributed by atoms with Crippen LogP contribution in [-0.4, -0.2) is 28.6 Å². The average Bonchev–Trinajstić information content (AvgIpc) is 2.37. The molecule has 1 amide bonds. The Kier molecular flexibility index (Phi) is 4.70. The smallest absolute Gasteiger partial charge is 0.233 e. The van der Waals surface area contributed by atoms with Gasteiger partial charge in [-0.15, -0.1) is 11.8 Å². The number of benzene rings is 1. The maximum absolute atomic E-state index is 12.3. The summed E-state index contributed by atoms with van der Waals surface area (Å²) >= 11 is 1.64. The molecule has 1 heterocycles. The van der Waals surface area contributed by atoms with Gasteiger partial charge in [-0.1, -0.05) is 18.2 Å². The van der Waals surface area contributed by atoms with Crippen molar-refractivity contribution in [3.05, 3.63) is 30.3 Å². The molecule has 1 aliphatic rings. The Morgan fingerprint density at radius 3 is 2.44 bits per heavy atom. The summed E-state index contributed by atoms with van der Waals surface area (Å²) in [7, 11) is 0. The number of carbonyl (C=O) groups excluding carboxylic acids is 1. The lowest BCUT2D eigenvalue weighted by atomic mass is 9.98. The summed E-state index contributed by atoms with van der Waals surface area (Å²) in [6, 6.07) is 10.9. The topological polar surface area (TPSA) is 20.3 Å². The monoisotopic (exact) mass is 263 g/mol. The molecule has 0 bridgehead atoms. The number of thioether (sulfide) groups is 1. The van der Waals surface area contributed by atoms with Gasteiger partial charge in [-0.05, 0) is 45.2 Å². The number of piperidine rings is 1. The van der Waals surface area contributed by atoms with Crippen LogP contribution in [-0.2, 0) is 4.79 Å². The van der Waals surface area contributed by atoms with Crippen LogP contribution in [0.5, 0.6) is 0 Å². The minimum Gasteiger partial charge on any atom is -0.337 e. The molecule has 18 heavy (non-hydrogen) atoms. The third kappa shape index (κ3) is 3.29. The molecule has 2 rings (SSSR count). The van der Waals surface area contributed by atoms with Gasteiger partial charge in [0.25, 0.3) is 0 Å². The summed E-state index contributed by atoms with van der Waals surface area (Å²) in [5.41, 5.74) is 0. The van der Waals surface area contributed by atoms with E-state index in [1.165, 1.54) is 11.3 Å². The number of amides is 1. The Morgan fingerprint density at radius 1 is 1.22 bits per heavy atom. The minimum atomic E-state index is 0.281. The first-order valence-electron chi connectivity index (χ1n) is 6.67. The summed E-state index contributed by atoms with van der Waals surface area (Å²) in [4.78, 5) is 15.5. The van der Waals surface area contributed by atoms with E-state index in [0.29, 0.717) is 17.8 Å². The lowest BCUT2D eigenvalue weighted by molar-refractivity contribution is -0.134. The Bertz CT molecular complexity index is 383. The summed E-state index contributed by atoms with van der Waals surface area (Å²) in [6.07, 6.45) is 3.54. The van der Waals surface area contributed by atoms with E-state index in [2.05, 4.69) is 30.9 Å². The standard InChI is InChI=1S/C15H21NOS/c1-12-7-6-8-13(2)16(12)15(17)11-18-14-9-4-3-5-10-14/h3-5,9-10,12-13H,6-8,11H2,1-2H3. The van der Waals surface area contributed by atoms with Gasteiger partial charge < -0.3 is 4.90 Å². The van der Waals surface area contributed by atoms with Gasteiger partial charge in [0.15, 0.2) is 0 Å². The Labute approximate surface area is 114 Å². The third-order valence-corrected chi connectivity index (χ3v) is 4.58. The van der Waals surface area contributed by atoms with Crippen molar-refractivity contribution < 1.29 is 4.79 Å². The molecule has 2 nitrogen and oxygen atoms in total. The fourth-order valence-electron chi connectivity index (χ4n) is 2.65. The molecule has 1 saturated heterocycles. The van der Waals surface area contributed by atoms with Gasteiger partial charge in [0.05, 0.1) is 5.75 Å². The fraction of sp³-hybridized carbons (Fsp3) is 0.533. The molecule has 0 saturated carbocycles. The molecule has 3 heteroatoms. The highest BCUT2D eigenvalue weighted by Gasteiger charge is 2.28. The molecule has 0 spiro atoms. The van der Waals surface area contributed by atoms with Crippen LogP contribution in [0.3, 0.4) is 0 Å². The van der Waals surface area contributed by atoms with E-state index < -0.39 is 0 Å². The molecule has 2 unspecified atom stereocenters. The third-order valence-electron chi connectivity index (χ3n) is 3.59. The van der Waals surface area contributed by atoms with Crippen molar-refractivity contribution in [1.82, 2.24) is 4.90 Å². The highest BCUT2D eigenvalue weighted by Crippen LogP contribution is 2.25. The second-order valence-corrected chi connectivity index (χ2v) is 6.08. The van der Waals surface area contributed by atoms with Gasteiger partial charge in [-0.2, -0.15) is 0 Å². The number of carbonyl (C=O) groups is 1. The largest absolute Gasteiger partial charge is 0.337 e. The van der Waals surface area contributed by atoms with Crippen LogP contribution < -0.4 is 0 Å². The van der Waals surface area contributed by atoms with Crippen molar-refractivity contribution in [2.75, 3.05) is 5.75 Å². The van der Waals surface area contributed by atoms with Crippen LogP contribution in [0.2, 0.25) is 0 Å². The van der Waals surface area contributed by atoms with Crippen LogP contribution >= 0.6 is 11.8 Å². The SMILES string of the molecule is CC1CCCC(C)N1C(=O)CSc1ccccc1. The second kappa shape index (κ2) is 6.28. The second-order valence-electron chi connectivity index (χ2n) is 5.03. The lowest BCUT2D eigenvalue weighted by Gasteiger charge is -2.39. The normalized spacial score (nSPS) is 24.0. The summed E-state index contributed by atoms with van der Waals surface area (Å²) in [5.74, 6) is 0.835. The zero-order valence-electron chi connectivity index (χ0n) is 11.1. The Balaban J connectivity index is 1.91. The van der Waals surface area contributed by atoms with E-state index in [0.717, 1.165) is 12.8 Å². The molecule has 1 aromatic rings. The number of hydrogen-bond donors (Lipinski definition) is 0. The van der Waals surface area contributed by atoms with Crippen LogP contribution in [0.15, 0.2) is 35.2 Å². The molecule has 0 radical (unpaired) electrons. The summed E-state index contributed by atoms with van der Waals surface area (Å²) in [5, 5.41) is 0. The van der Waals surface area contributed by atoms with E-state index in [1.54, 1.807) is 11.8 Å². The number of hydrogen-bond acceptors (Lipinski definition) is 2. The Morgan fingerprint density at radius 2 is 1.83 bits per heavy atom. The predicted octanol–water partition coefficient (Wildman–Crippen LogP) is 3.57. The van der Waals surface area contributed by atoms with Gasteiger partial charge in [-0.25, -0.2) is 0 Å². The molecule has 1 aromatic carbocycles. The fourth-order valence-corrected chi connectivity index (χ4v) is 3.44. The van der Waals surface area contributed by atoms with Gasteiger partial charge in [0.1, 0.15) is 0 Å². The first-order valence-corrected chi connectivity index (χ1v) is 7.66. The van der Waals surface area contributed by atoms with E-state index in [-0.39, 0.29) is 5.91 Å². The van der Waals surface area contributed by atoms with Gasteiger partial charge >= 0.3 is 0 Å². The minimum absolute atomic E-state index is 0.281. The number of nitrogens with zero attached hydrogens (tertiary/aromatic N) is 1. The van der Waals surface area contributed by atoms with Crippen molar-refractivity contribution in [3.8, 4) is 0 Å². The molecular weight excluding hydrogens is 242 g/mol. The maximum Gasteiger partial charge on any atom is 0.233 e. The first-order chi connectivity index (χ1) is 8.68. The molecule has 0 N–H and O–H groups in total. The van der Waals surface area contributed by atoms with Crippen LogP contribution in [0, 0.1) is 0 Å². The van der Waals surface area contributed by atoms with Crippen molar-refractivity contribution in [2.24, 2.45) is 0 Å². The van der Waals surface area contributed by atoms with Crippen LogP contribution in [0.25, 0.3) is 0 Å². The lowest BCUT2D eigenvalue weighted by Crippen LogP contribution is -2.48. The molecule has 1 aliphatic heterocycles. The molecule has 0 aliphatic carbocycles. The van der Waals surface area contributed by atoms with Gasteiger partial charge in [-0.3, -0.25) is 4.79 Å². The maximum atomic E-state index is 12.3. The molecular formula is C15H21NOS. The molecule has 0 aromatic heterocycles. The number of rotatable bonds is 3. The summed E-state index contributed by atoms with van der Waals surface area (Å²) in [6.45, 7) is 4.33. The van der Waals surface area contributed by atoms with Crippen LogP contribution in [0.4, 0.5) is 0 Å². The zero-order valence-corrected chi connectivity index (χ0v) is 12.0. The Hall–Kier alpha value is -0.960. The molecule has 2 atom stereocenters. The quantitative estimate of drug-likeness (QED) is 0.777. The van der Waals surface area contributed by atoms with E-state index in [1.807, 2.05) is 18.2 Å². The van der Waals surface area contributed by atoms with E-state index in [9.17, 15) is 4.79 Å². The predicted molar refractivity (Wildman–Crippen MR) is 76.8 cm³/mol. The number of likely N-dealkylation sites (tertiary alicyclic amines) is 1. The first kappa shape index (κ1) is 13.5. The van der Waals surface area contributed by atoms with Gasteiger partial charge in [0.2, 0.25) is 5.91 Å². The van der Waals surface area contributed by atoms with Gasteiger partial charge in [0, 0.05) is 17.0 Å². The molecule has 1 fully saturated rings. The van der Waals surface area contributed by atoms with E-state index >= 15 is 0 Å². The van der Waals surface area contributed by atoms with Crippen molar-refractivity contribution in [3.63, 3.8) is 0 Å². The van der Waals surface area contributed by atoms with E-state index in [4.69, 9.17) is 0 Å². The average molecular weight is 263 g/mol. The highest BCUT2D eigenvalue weighted by atomic mass is 32.2. The van der Waals surface area contributed by atoms with Crippen molar-refractivity contribution in [2.45, 2.75) is 50.1 Å². The summed E-state index contributed by atoms with van der Waals surface area (Å²) < 4.78 is 0. The van der Waals surface area contributed by atoms with Crippen LogP contribution in [0.1, 0.15) is 33.1 Å². The van der Waals surface area contributed by atoms with Crippen molar-refractivity contribution >= 4 is 17.7 Å². The zero-order chi connectivity index (χ0) is 13.0. The highest BCUT2D eigenvalue weighted by molar-refractivity contribution is 8.00.